The van der Waals surface area contributed by atoms with Crippen LogP contribution in [0.3, 0.4) is 0 Å². The quantitative estimate of drug-likeness (QED) is 0.821. The highest BCUT2D eigenvalue weighted by atomic mass is 32.2. The predicted molar refractivity (Wildman–Crippen MR) is 108 cm³/mol. The molecule has 0 radical (unpaired) electrons. The minimum atomic E-state index is -2.96. The molecule has 144 valence electrons. The molecule has 1 aromatic carbocycles. The molecule has 0 bridgehead atoms. The number of rotatable bonds is 5. The van der Waals surface area contributed by atoms with Gasteiger partial charge in [0.1, 0.15) is 5.69 Å². The van der Waals surface area contributed by atoms with Crippen molar-refractivity contribution in [1.29, 1.82) is 0 Å². The molecular formula is C20H25N3O3S. The molecule has 27 heavy (non-hydrogen) atoms. The summed E-state index contributed by atoms with van der Waals surface area (Å²) in [6, 6.07) is 9.24. The van der Waals surface area contributed by atoms with Crippen LogP contribution in [0.4, 0.5) is 11.4 Å². The minimum absolute atomic E-state index is 0.123. The van der Waals surface area contributed by atoms with E-state index in [0.29, 0.717) is 17.8 Å². The summed E-state index contributed by atoms with van der Waals surface area (Å²) in [5.74, 6) is 0.325. The number of carbonyl (C=O) groups excluding carboxylic acids is 1. The maximum atomic E-state index is 12.7. The monoisotopic (exact) mass is 387 g/mol. The first kappa shape index (κ1) is 19.4. The lowest BCUT2D eigenvalue weighted by Crippen LogP contribution is -2.21. The number of sulfone groups is 1. The van der Waals surface area contributed by atoms with E-state index in [-0.39, 0.29) is 29.4 Å². The normalized spacial score (nSPS) is 18.4. The molecule has 1 amide bonds. The maximum Gasteiger partial charge on any atom is 0.274 e. The fourth-order valence-electron chi connectivity index (χ4n) is 3.31. The average Bonchev–Trinajstić information content (AvgIpc) is 2.95. The van der Waals surface area contributed by atoms with Gasteiger partial charge in [0.2, 0.25) is 0 Å². The second kappa shape index (κ2) is 7.68. The molecule has 1 fully saturated rings. The van der Waals surface area contributed by atoms with Gasteiger partial charge in [-0.2, -0.15) is 0 Å². The zero-order valence-corrected chi connectivity index (χ0v) is 16.6. The number of nitrogens with zero attached hydrogens (tertiary/aromatic N) is 1. The Bertz CT molecular complexity index is 955. The van der Waals surface area contributed by atoms with Gasteiger partial charge in [0, 0.05) is 23.6 Å². The average molecular weight is 388 g/mol. The Morgan fingerprint density at radius 1 is 1.26 bits per heavy atom. The molecule has 2 N–H and O–H groups in total. The summed E-state index contributed by atoms with van der Waals surface area (Å²) in [6.07, 6.45) is 2.13. The van der Waals surface area contributed by atoms with Crippen molar-refractivity contribution in [1.82, 2.24) is 4.98 Å². The number of pyridine rings is 1. The Kier molecular flexibility index (Phi) is 5.51. The van der Waals surface area contributed by atoms with E-state index < -0.39 is 9.84 Å². The molecule has 1 atom stereocenters. The summed E-state index contributed by atoms with van der Waals surface area (Å²) >= 11 is 0. The van der Waals surface area contributed by atoms with Crippen LogP contribution in [0.15, 0.2) is 36.5 Å². The molecular weight excluding hydrogens is 362 g/mol. The van der Waals surface area contributed by atoms with Gasteiger partial charge in [-0.15, -0.1) is 0 Å². The van der Waals surface area contributed by atoms with Crippen LogP contribution < -0.4 is 10.6 Å². The van der Waals surface area contributed by atoms with Crippen molar-refractivity contribution in [2.24, 2.45) is 0 Å². The number of aryl methyl sites for hydroxylation is 1. The number of hydrogen-bond acceptors (Lipinski definition) is 5. The number of benzene rings is 1. The molecule has 0 saturated carbocycles. The Balaban J connectivity index is 1.77. The Hall–Kier alpha value is -2.41. The second-order valence-corrected chi connectivity index (χ2v) is 9.55. The fourth-order valence-corrected chi connectivity index (χ4v) is 4.98. The largest absolute Gasteiger partial charge is 0.381 e. The first-order valence-corrected chi connectivity index (χ1v) is 10.9. The third-order valence-corrected chi connectivity index (χ3v) is 6.53. The van der Waals surface area contributed by atoms with Crippen LogP contribution in [-0.2, 0) is 9.84 Å². The highest BCUT2D eigenvalue weighted by Crippen LogP contribution is 2.28. The lowest BCUT2D eigenvalue weighted by Gasteiger charge is -2.17. The summed E-state index contributed by atoms with van der Waals surface area (Å²) in [5.41, 5.74) is 3.89. The molecule has 1 aromatic heterocycles. The summed E-state index contributed by atoms with van der Waals surface area (Å²) < 4.78 is 23.2. The summed E-state index contributed by atoms with van der Waals surface area (Å²) in [7, 11) is -2.96. The van der Waals surface area contributed by atoms with Crippen LogP contribution >= 0.6 is 0 Å². The zero-order valence-electron chi connectivity index (χ0n) is 15.8. The van der Waals surface area contributed by atoms with Crippen molar-refractivity contribution in [3.8, 4) is 0 Å². The van der Waals surface area contributed by atoms with E-state index in [1.54, 1.807) is 18.3 Å². The SMILES string of the molecule is Cc1cccc(C(C)C)c1NC(=O)c1cc(NC2CCS(=O)(=O)C2)ccn1. The van der Waals surface area contributed by atoms with Crippen LogP contribution in [0.25, 0.3) is 0 Å². The fraction of sp³-hybridized carbons (Fsp3) is 0.400. The number of hydrogen-bond donors (Lipinski definition) is 2. The lowest BCUT2D eigenvalue weighted by molar-refractivity contribution is 0.102. The van der Waals surface area contributed by atoms with E-state index in [4.69, 9.17) is 0 Å². The van der Waals surface area contributed by atoms with Crippen molar-refractivity contribution in [3.63, 3.8) is 0 Å². The molecule has 2 heterocycles. The van der Waals surface area contributed by atoms with Gasteiger partial charge in [-0.3, -0.25) is 9.78 Å². The van der Waals surface area contributed by atoms with E-state index >= 15 is 0 Å². The van der Waals surface area contributed by atoms with Crippen LogP contribution in [0, 0.1) is 6.92 Å². The number of carbonyl (C=O) groups is 1. The third kappa shape index (κ3) is 4.66. The molecule has 1 unspecified atom stereocenters. The van der Waals surface area contributed by atoms with Crippen LogP contribution in [0.2, 0.25) is 0 Å². The number of para-hydroxylation sites is 1. The Morgan fingerprint density at radius 3 is 2.70 bits per heavy atom. The van der Waals surface area contributed by atoms with Crippen molar-refractivity contribution in [2.75, 3.05) is 22.1 Å². The topological polar surface area (TPSA) is 88.2 Å². The van der Waals surface area contributed by atoms with Crippen molar-refractivity contribution < 1.29 is 13.2 Å². The van der Waals surface area contributed by atoms with Gasteiger partial charge in [-0.05, 0) is 42.5 Å². The standard InChI is InChI=1S/C20H25N3O3S/c1-13(2)17-6-4-5-14(3)19(17)23-20(24)18-11-15(7-9-21-18)22-16-8-10-27(25,26)12-16/h4-7,9,11,13,16H,8,10,12H2,1-3H3,(H,21,22)(H,23,24). The smallest absolute Gasteiger partial charge is 0.274 e. The van der Waals surface area contributed by atoms with E-state index in [9.17, 15) is 13.2 Å². The maximum absolute atomic E-state index is 12.7. The Labute approximate surface area is 160 Å². The second-order valence-electron chi connectivity index (χ2n) is 7.32. The summed E-state index contributed by atoms with van der Waals surface area (Å²) in [4.78, 5) is 16.9. The van der Waals surface area contributed by atoms with Gasteiger partial charge < -0.3 is 10.6 Å². The van der Waals surface area contributed by atoms with Gasteiger partial charge in [0.15, 0.2) is 9.84 Å². The number of amides is 1. The van der Waals surface area contributed by atoms with E-state index in [1.165, 1.54) is 0 Å². The molecule has 1 aliphatic heterocycles. The molecule has 1 aliphatic rings. The minimum Gasteiger partial charge on any atom is -0.381 e. The summed E-state index contributed by atoms with van der Waals surface area (Å²) in [6.45, 7) is 6.14. The van der Waals surface area contributed by atoms with Crippen LogP contribution in [-0.4, -0.2) is 36.9 Å². The highest BCUT2D eigenvalue weighted by Gasteiger charge is 2.27. The molecule has 0 spiro atoms. The van der Waals surface area contributed by atoms with Gasteiger partial charge in [-0.1, -0.05) is 32.0 Å². The number of anilines is 2. The zero-order chi connectivity index (χ0) is 19.6. The van der Waals surface area contributed by atoms with Gasteiger partial charge in [-0.25, -0.2) is 8.42 Å². The third-order valence-electron chi connectivity index (χ3n) is 4.76. The summed E-state index contributed by atoms with van der Waals surface area (Å²) in [5, 5.41) is 6.18. The van der Waals surface area contributed by atoms with E-state index in [1.807, 2.05) is 25.1 Å². The number of aromatic nitrogens is 1. The van der Waals surface area contributed by atoms with Crippen molar-refractivity contribution in [3.05, 3.63) is 53.3 Å². The molecule has 7 heteroatoms. The van der Waals surface area contributed by atoms with Crippen molar-refractivity contribution in [2.45, 2.75) is 39.2 Å². The Morgan fingerprint density at radius 2 is 2.04 bits per heavy atom. The van der Waals surface area contributed by atoms with E-state index in [0.717, 1.165) is 16.8 Å². The predicted octanol–water partition coefficient (Wildman–Crippen LogP) is 3.36. The first-order chi connectivity index (χ1) is 12.7. The number of nitrogens with one attached hydrogen (secondary N) is 2. The first-order valence-electron chi connectivity index (χ1n) is 9.09. The van der Waals surface area contributed by atoms with Gasteiger partial charge in [0.05, 0.1) is 11.5 Å². The highest BCUT2D eigenvalue weighted by molar-refractivity contribution is 7.91. The van der Waals surface area contributed by atoms with Crippen LogP contribution in [0.5, 0.6) is 0 Å². The molecule has 0 aliphatic carbocycles. The van der Waals surface area contributed by atoms with Gasteiger partial charge >= 0.3 is 0 Å². The lowest BCUT2D eigenvalue weighted by atomic mass is 9.98. The van der Waals surface area contributed by atoms with Crippen LogP contribution in [0.1, 0.15) is 47.8 Å². The molecule has 6 nitrogen and oxygen atoms in total. The molecule has 1 saturated heterocycles. The van der Waals surface area contributed by atoms with Crippen molar-refractivity contribution >= 4 is 27.1 Å². The molecule has 2 aromatic rings. The van der Waals surface area contributed by atoms with Gasteiger partial charge in [0.25, 0.3) is 5.91 Å². The molecule has 3 rings (SSSR count). The van der Waals surface area contributed by atoms with E-state index in [2.05, 4.69) is 29.5 Å².